The van der Waals surface area contributed by atoms with Crippen LogP contribution in [0.15, 0.2) is 146 Å². The first-order valence-electron chi connectivity index (χ1n) is 15.5. The van der Waals surface area contributed by atoms with Gasteiger partial charge in [-0.05, 0) is 51.9 Å². The van der Waals surface area contributed by atoms with Crippen LogP contribution < -0.4 is 10.6 Å². The van der Waals surface area contributed by atoms with Crippen molar-refractivity contribution in [1.29, 1.82) is 0 Å². The van der Waals surface area contributed by atoms with Crippen LogP contribution in [0.25, 0.3) is 60.5 Å². The molecule has 2 aliphatic heterocycles. The lowest BCUT2D eigenvalue weighted by atomic mass is 9.95. The van der Waals surface area contributed by atoms with Crippen molar-refractivity contribution < 1.29 is 8.83 Å². The van der Waals surface area contributed by atoms with E-state index in [4.69, 9.17) is 18.8 Å². The molecular weight excluding hydrogens is 568 g/mol. The van der Waals surface area contributed by atoms with E-state index in [2.05, 4.69) is 83.4 Å². The molecule has 6 aromatic carbocycles. The Morgan fingerprint density at radius 1 is 0.587 bits per heavy atom. The van der Waals surface area contributed by atoms with Crippen LogP contribution in [0.5, 0.6) is 0 Å². The average molecular weight is 595 g/mol. The van der Waals surface area contributed by atoms with Crippen LogP contribution in [0.1, 0.15) is 34.7 Å². The number of furan rings is 2. The van der Waals surface area contributed by atoms with E-state index >= 15 is 0 Å². The summed E-state index contributed by atoms with van der Waals surface area (Å²) >= 11 is 0. The zero-order valence-corrected chi connectivity index (χ0v) is 24.6. The van der Waals surface area contributed by atoms with Gasteiger partial charge in [0.05, 0.1) is 0 Å². The molecule has 0 bridgehead atoms. The lowest BCUT2D eigenvalue weighted by Gasteiger charge is -2.29. The molecule has 6 heteroatoms. The van der Waals surface area contributed by atoms with E-state index in [-0.39, 0.29) is 6.04 Å². The van der Waals surface area contributed by atoms with Crippen molar-refractivity contribution in [1.82, 2.24) is 10.6 Å². The summed E-state index contributed by atoms with van der Waals surface area (Å²) in [7, 11) is 0. The standard InChI is InChI=1S/C40H26N4O2/c1-2-11-24-23(10-1)22-30(26-13-4-3-12-25(24)26)39-42-38(29-16-9-19-33-35(29)27-14-5-7-17-31(27)45-33)43-40(44-39)37-36-28-15-6-8-18-32(28)46-34(36)20-21-41-37/h1-22,37,39,41H,(H,42,43,44). The number of fused-ring (bicyclic) bond motifs is 9. The Kier molecular flexibility index (Phi) is 5.31. The van der Waals surface area contributed by atoms with Crippen molar-refractivity contribution in [3.8, 4) is 0 Å². The number of hydrogen-bond donors (Lipinski definition) is 2. The van der Waals surface area contributed by atoms with Crippen LogP contribution in [-0.4, -0.2) is 11.7 Å². The predicted molar refractivity (Wildman–Crippen MR) is 186 cm³/mol. The molecule has 2 atom stereocenters. The topological polar surface area (TPSA) is 75.1 Å². The summed E-state index contributed by atoms with van der Waals surface area (Å²) < 4.78 is 12.6. The smallest absolute Gasteiger partial charge is 0.170 e. The molecule has 2 unspecified atom stereocenters. The third kappa shape index (κ3) is 3.70. The van der Waals surface area contributed by atoms with Crippen LogP contribution in [0.2, 0.25) is 0 Å². The summed E-state index contributed by atoms with van der Waals surface area (Å²) in [5, 5.41) is 15.1. The molecule has 46 heavy (non-hydrogen) atoms. The monoisotopic (exact) mass is 594 g/mol. The van der Waals surface area contributed by atoms with Gasteiger partial charge in [-0.25, -0.2) is 9.98 Å². The van der Waals surface area contributed by atoms with E-state index in [1.165, 1.54) is 10.8 Å². The molecule has 0 aliphatic carbocycles. The maximum absolute atomic E-state index is 6.28. The van der Waals surface area contributed by atoms with Crippen molar-refractivity contribution in [2.24, 2.45) is 9.98 Å². The molecule has 4 heterocycles. The molecule has 2 aromatic heterocycles. The first kappa shape index (κ1) is 25.2. The van der Waals surface area contributed by atoms with Crippen molar-refractivity contribution in [3.63, 3.8) is 0 Å². The van der Waals surface area contributed by atoms with Gasteiger partial charge < -0.3 is 19.5 Å². The van der Waals surface area contributed by atoms with Gasteiger partial charge in [-0.15, -0.1) is 0 Å². The van der Waals surface area contributed by atoms with Gasteiger partial charge in [0.25, 0.3) is 0 Å². The zero-order chi connectivity index (χ0) is 30.2. The van der Waals surface area contributed by atoms with E-state index < -0.39 is 6.17 Å². The molecule has 6 nitrogen and oxygen atoms in total. The first-order valence-corrected chi connectivity index (χ1v) is 15.5. The fourth-order valence-corrected chi connectivity index (χ4v) is 7.19. The summed E-state index contributed by atoms with van der Waals surface area (Å²) in [6, 6.07) is 41.5. The van der Waals surface area contributed by atoms with Gasteiger partial charge in [0.15, 0.2) is 6.17 Å². The number of hydrogen-bond acceptors (Lipinski definition) is 6. The van der Waals surface area contributed by atoms with Gasteiger partial charge in [-0.2, -0.15) is 0 Å². The molecule has 0 saturated heterocycles. The van der Waals surface area contributed by atoms with E-state index in [0.29, 0.717) is 0 Å². The Bertz CT molecular complexity index is 2620. The summed E-state index contributed by atoms with van der Waals surface area (Å²) in [4.78, 5) is 10.8. The van der Waals surface area contributed by atoms with Crippen LogP contribution >= 0.6 is 0 Å². The zero-order valence-electron chi connectivity index (χ0n) is 24.6. The van der Waals surface area contributed by atoms with Gasteiger partial charge in [0.2, 0.25) is 0 Å². The quantitative estimate of drug-likeness (QED) is 0.200. The van der Waals surface area contributed by atoms with Crippen molar-refractivity contribution >= 4 is 72.2 Å². The van der Waals surface area contributed by atoms with E-state index in [9.17, 15) is 0 Å². The minimum Gasteiger partial charge on any atom is -0.456 e. The Morgan fingerprint density at radius 2 is 1.28 bits per heavy atom. The highest BCUT2D eigenvalue weighted by Gasteiger charge is 2.32. The van der Waals surface area contributed by atoms with Crippen molar-refractivity contribution in [2.75, 3.05) is 0 Å². The van der Waals surface area contributed by atoms with Crippen LogP contribution in [0.3, 0.4) is 0 Å². The highest BCUT2D eigenvalue weighted by atomic mass is 16.3. The Hall–Kier alpha value is -6.14. The minimum absolute atomic E-state index is 0.274. The van der Waals surface area contributed by atoms with Gasteiger partial charge >= 0.3 is 0 Å². The maximum atomic E-state index is 6.28. The third-order valence-electron chi connectivity index (χ3n) is 9.22. The lowest BCUT2D eigenvalue weighted by Crippen LogP contribution is -2.43. The van der Waals surface area contributed by atoms with E-state index in [1.54, 1.807) is 0 Å². The number of rotatable bonds is 3. The fourth-order valence-electron chi connectivity index (χ4n) is 7.19. The molecule has 0 amide bonds. The number of nitrogens with zero attached hydrogens (tertiary/aromatic N) is 2. The summed E-state index contributed by atoms with van der Waals surface area (Å²) in [5.41, 5.74) is 5.59. The normalized spacial score (nSPS) is 17.7. The minimum atomic E-state index is -0.497. The van der Waals surface area contributed by atoms with E-state index in [0.717, 1.165) is 77.8 Å². The summed E-state index contributed by atoms with van der Waals surface area (Å²) in [5.74, 6) is 2.35. The number of aliphatic imine (C=N–C) groups is 2. The molecule has 8 aromatic rings. The Labute approximate surface area is 263 Å². The number of benzene rings is 6. The second kappa shape index (κ2) is 9.68. The third-order valence-corrected chi connectivity index (χ3v) is 9.22. The molecule has 0 saturated carbocycles. The average Bonchev–Trinajstić information content (AvgIpc) is 3.70. The maximum Gasteiger partial charge on any atom is 0.170 e. The predicted octanol–water partition coefficient (Wildman–Crippen LogP) is 9.40. The van der Waals surface area contributed by atoms with Crippen LogP contribution in [0, 0.1) is 0 Å². The number of nitrogens with one attached hydrogen (secondary N) is 2. The van der Waals surface area contributed by atoms with Gasteiger partial charge in [0, 0.05) is 39.0 Å². The SMILES string of the molecule is C1=Cc2oc3ccccc3c2C(C2=NC(c3cc4ccccc4c4ccccc34)N=C(c3cccc4oc5ccccc5c34)N2)N1. The highest BCUT2D eigenvalue weighted by Crippen LogP contribution is 2.40. The van der Waals surface area contributed by atoms with Gasteiger partial charge in [0.1, 0.15) is 40.2 Å². The molecule has 0 fully saturated rings. The fraction of sp³-hybridized carbons (Fsp3) is 0.0500. The molecule has 0 radical (unpaired) electrons. The van der Waals surface area contributed by atoms with Crippen molar-refractivity contribution in [3.05, 3.63) is 150 Å². The summed E-state index contributed by atoms with van der Waals surface area (Å²) in [6.07, 6.45) is 3.43. The first-order chi connectivity index (χ1) is 22.8. The van der Waals surface area contributed by atoms with Gasteiger partial charge in [-0.3, -0.25) is 0 Å². The molecular formula is C40H26N4O2. The van der Waals surface area contributed by atoms with Crippen molar-refractivity contribution in [2.45, 2.75) is 12.2 Å². The molecule has 10 rings (SSSR count). The summed E-state index contributed by atoms with van der Waals surface area (Å²) in [6.45, 7) is 0. The lowest BCUT2D eigenvalue weighted by molar-refractivity contribution is 0.585. The Morgan fingerprint density at radius 3 is 2.15 bits per heavy atom. The molecule has 0 spiro atoms. The highest BCUT2D eigenvalue weighted by molar-refractivity contribution is 6.22. The van der Waals surface area contributed by atoms with E-state index in [1.807, 2.05) is 60.8 Å². The number of para-hydroxylation sites is 2. The number of amidine groups is 2. The second-order valence-corrected chi connectivity index (χ2v) is 11.8. The van der Waals surface area contributed by atoms with Crippen LogP contribution in [0.4, 0.5) is 0 Å². The van der Waals surface area contributed by atoms with Gasteiger partial charge in [-0.1, -0.05) is 97.1 Å². The molecule has 2 N–H and O–H groups in total. The van der Waals surface area contributed by atoms with Crippen LogP contribution in [-0.2, 0) is 0 Å². The Balaban J connectivity index is 1.23. The molecule has 218 valence electrons. The largest absolute Gasteiger partial charge is 0.456 e. The molecule has 2 aliphatic rings. The second-order valence-electron chi connectivity index (χ2n) is 11.8.